The van der Waals surface area contributed by atoms with Crippen LogP contribution in [0.3, 0.4) is 0 Å². The third-order valence-corrected chi connectivity index (χ3v) is 4.75. The van der Waals surface area contributed by atoms with Gasteiger partial charge in [-0.1, -0.05) is 12.1 Å². The van der Waals surface area contributed by atoms with Crippen LogP contribution in [0, 0.1) is 0 Å². The van der Waals surface area contributed by atoms with Crippen molar-refractivity contribution in [3.63, 3.8) is 0 Å². The molecule has 0 aromatic heterocycles. The number of thiocarbonyl (C=S) groups is 1. The maximum Gasteiger partial charge on any atom is 0.416 e. The Morgan fingerprint density at radius 3 is 2.09 bits per heavy atom. The fourth-order valence-electron chi connectivity index (χ4n) is 3.01. The van der Waals surface area contributed by atoms with Crippen molar-refractivity contribution in [1.82, 2.24) is 5.32 Å². The minimum Gasteiger partial charge on any atom is -0.491 e. The molecule has 0 saturated heterocycles. The average Bonchev–Trinajstić information content (AvgIpc) is 2.79. The van der Waals surface area contributed by atoms with Crippen molar-refractivity contribution in [3.8, 4) is 5.75 Å². The van der Waals surface area contributed by atoms with Crippen molar-refractivity contribution in [1.29, 1.82) is 0 Å². The molecule has 0 aliphatic heterocycles. The highest BCUT2D eigenvalue weighted by Crippen LogP contribution is 2.30. The number of ether oxygens (including phenoxy) is 1. The second-order valence-electron chi connectivity index (χ2n) is 7.71. The Morgan fingerprint density at radius 1 is 0.829 bits per heavy atom. The maximum absolute atomic E-state index is 12.9. The number of hydrogen-bond donors (Lipinski definition) is 3. The first-order chi connectivity index (χ1) is 16.5. The highest BCUT2D eigenvalue weighted by molar-refractivity contribution is 7.80. The van der Waals surface area contributed by atoms with Gasteiger partial charge in [0.1, 0.15) is 5.75 Å². The molecule has 182 valence electrons. The van der Waals surface area contributed by atoms with Crippen LogP contribution in [0.2, 0.25) is 0 Å². The van der Waals surface area contributed by atoms with E-state index in [-0.39, 0.29) is 22.5 Å². The van der Waals surface area contributed by atoms with Crippen molar-refractivity contribution in [2.24, 2.45) is 0 Å². The van der Waals surface area contributed by atoms with Crippen LogP contribution in [0.5, 0.6) is 5.75 Å². The molecule has 10 heteroatoms. The maximum atomic E-state index is 12.9. The van der Waals surface area contributed by atoms with E-state index in [2.05, 4.69) is 16.0 Å². The average molecular weight is 502 g/mol. The van der Waals surface area contributed by atoms with Crippen LogP contribution >= 0.6 is 12.2 Å². The number of nitrogens with one attached hydrogen (secondary N) is 3. The van der Waals surface area contributed by atoms with Crippen LogP contribution in [-0.4, -0.2) is 23.0 Å². The lowest BCUT2D eigenvalue weighted by Crippen LogP contribution is -2.34. The number of rotatable bonds is 6. The number of carbonyl (C=O) groups excluding carboxylic acids is 2. The van der Waals surface area contributed by atoms with Crippen LogP contribution in [0.15, 0.2) is 72.8 Å². The van der Waals surface area contributed by atoms with E-state index in [0.29, 0.717) is 17.0 Å². The number of benzene rings is 3. The molecule has 0 bridgehead atoms. The van der Waals surface area contributed by atoms with E-state index in [9.17, 15) is 22.8 Å². The van der Waals surface area contributed by atoms with Gasteiger partial charge in [0.25, 0.3) is 11.8 Å². The van der Waals surface area contributed by atoms with Crippen LogP contribution < -0.4 is 20.7 Å². The SMILES string of the molecule is CC(C)Oc1ccc(C(=O)NC(=S)Nc2cccc(C(=O)Nc3cccc(C(F)(F)F)c3)c2)cc1. The number of carbonyl (C=O) groups is 2. The third-order valence-electron chi connectivity index (χ3n) is 4.55. The van der Waals surface area contributed by atoms with Gasteiger partial charge in [0.15, 0.2) is 5.11 Å². The molecule has 6 nitrogen and oxygen atoms in total. The van der Waals surface area contributed by atoms with E-state index in [1.807, 2.05) is 13.8 Å². The summed E-state index contributed by atoms with van der Waals surface area (Å²) in [7, 11) is 0. The van der Waals surface area contributed by atoms with E-state index in [1.54, 1.807) is 36.4 Å². The molecular weight excluding hydrogens is 479 g/mol. The summed E-state index contributed by atoms with van der Waals surface area (Å²) < 4.78 is 44.2. The van der Waals surface area contributed by atoms with Crippen molar-refractivity contribution in [2.45, 2.75) is 26.1 Å². The highest BCUT2D eigenvalue weighted by atomic mass is 32.1. The van der Waals surface area contributed by atoms with Gasteiger partial charge in [-0.3, -0.25) is 14.9 Å². The van der Waals surface area contributed by atoms with Gasteiger partial charge in [-0.15, -0.1) is 0 Å². The van der Waals surface area contributed by atoms with Crippen molar-refractivity contribution < 1.29 is 27.5 Å². The molecule has 0 heterocycles. The normalized spacial score (nSPS) is 11.0. The molecule has 0 saturated carbocycles. The molecule has 0 aliphatic rings. The molecule has 35 heavy (non-hydrogen) atoms. The minimum atomic E-state index is -4.52. The van der Waals surface area contributed by atoms with Crippen LogP contribution in [0.4, 0.5) is 24.5 Å². The fourth-order valence-corrected chi connectivity index (χ4v) is 3.22. The zero-order chi connectivity index (χ0) is 25.6. The Hall–Kier alpha value is -3.92. The van der Waals surface area contributed by atoms with Crippen LogP contribution in [0.1, 0.15) is 40.1 Å². The number of halogens is 3. The third kappa shape index (κ3) is 7.54. The summed E-state index contributed by atoms with van der Waals surface area (Å²) in [5.74, 6) is -0.402. The quantitative estimate of drug-likeness (QED) is 0.368. The van der Waals surface area contributed by atoms with Gasteiger partial charge in [-0.05, 0) is 86.7 Å². The molecule has 0 fully saturated rings. The Kier molecular flexibility index (Phi) is 8.08. The summed E-state index contributed by atoms with van der Waals surface area (Å²) in [6, 6.07) is 17.1. The zero-order valence-corrected chi connectivity index (χ0v) is 19.6. The number of amides is 2. The Labute approximate surface area is 205 Å². The fraction of sp³-hybridized carbons (Fsp3) is 0.160. The molecule has 0 unspecified atom stereocenters. The monoisotopic (exact) mass is 501 g/mol. The second-order valence-corrected chi connectivity index (χ2v) is 8.12. The molecule has 2 amide bonds. The van der Waals surface area contributed by atoms with Gasteiger partial charge in [0.2, 0.25) is 0 Å². The molecule has 3 aromatic rings. The van der Waals surface area contributed by atoms with Gasteiger partial charge in [-0.25, -0.2) is 0 Å². The second kappa shape index (κ2) is 11.0. The van der Waals surface area contributed by atoms with Crippen molar-refractivity contribution in [3.05, 3.63) is 89.5 Å². The van der Waals surface area contributed by atoms with Crippen molar-refractivity contribution in [2.75, 3.05) is 10.6 Å². The number of alkyl halides is 3. The smallest absolute Gasteiger partial charge is 0.416 e. The molecular formula is C25H22F3N3O3S. The first-order valence-corrected chi connectivity index (χ1v) is 10.9. The lowest BCUT2D eigenvalue weighted by Gasteiger charge is -2.12. The summed E-state index contributed by atoms with van der Waals surface area (Å²) in [4.78, 5) is 25.0. The Balaban J connectivity index is 1.61. The molecule has 3 N–H and O–H groups in total. The molecule has 0 atom stereocenters. The van der Waals surface area contributed by atoms with E-state index in [0.717, 1.165) is 12.1 Å². The molecule has 0 radical (unpaired) electrons. The van der Waals surface area contributed by atoms with E-state index in [4.69, 9.17) is 17.0 Å². The van der Waals surface area contributed by atoms with Crippen molar-refractivity contribution >= 4 is 40.5 Å². The summed E-state index contributed by atoms with van der Waals surface area (Å²) in [6.45, 7) is 3.80. The zero-order valence-electron chi connectivity index (χ0n) is 18.8. The predicted octanol–water partition coefficient (Wildman–Crippen LogP) is 5.87. The predicted molar refractivity (Wildman–Crippen MR) is 132 cm³/mol. The van der Waals surface area contributed by atoms with Gasteiger partial charge in [0.05, 0.1) is 11.7 Å². The largest absolute Gasteiger partial charge is 0.491 e. The lowest BCUT2D eigenvalue weighted by atomic mass is 10.1. The van der Waals surface area contributed by atoms with Gasteiger partial charge in [-0.2, -0.15) is 13.2 Å². The van der Waals surface area contributed by atoms with Crippen LogP contribution in [0.25, 0.3) is 0 Å². The van der Waals surface area contributed by atoms with E-state index >= 15 is 0 Å². The Morgan fingerprint density at radius 2 is 1.46 bits per heavy atom. The Bertz CT molecular complexity index is 1230. The van der Waals surface area contributed by atoms with Gasteiger partial charge < -0.3 is 15.4 Å². The summed E-state index contributed by atoms with van der Waals surface area (Å²) in [6.07, 6.45) is -4.51. The first kappa shape index (κ1) is 25.7. The molecule has 0 spiro atoms. The number of anilines is 2. The summed E-state index contributed by atoms with van der Waals surface area (Å²) >= 11 is 5.18. The minimum absolute atomic E-state index is 0.00736. The molecule has 3 aromatic carbocycles. The molecule has 3 rings (SSSR count). The highest BCUT2D eigenvalue weighted by Gasteiger charge is 2.30. The summed E-state index contributed by atoms with van der Waals surface area (Å²) in [5, 5.41) is 7.81. The van der Waals surface area contributed by atoms with Crippen LogP contribution in [-0.2, 0) is 6.18 Å². The van der Waals surface area contributed by atoms with E-state index in [1.165, 1.54) is 24.3 Å². The van der Waals surface area contributed by atoms with Gasteiger partial charge in [0, 0.05) is 22.5 Å². The van der Waals surface area contributed by atoms with E-state index < -0.39 is 23.6 Å². The molecule has 0 aliphatic carbocycles. The summed E-state index contributed by atoms with van der Waals surface area (Å²) in [5.41, 5.74) is 0.110. The topological polar surface area (TPSA) is 79.5 Å². The van der Waals surface area contributed by atoms with Gasteiger partial charge >= 0.3 is 6.18 Å². The number of hydrogen-bond acceptors (Lipinski definition) is 4. The lowest BCUT2D eigenvalue weighted by molar-refractivity contribution is -0.137. The first-order valence-electron chi connectivity index (χ1n) is 10.5. The standard InChI is InChI=1S/C25H22F3N3O3S/c1-15(2)34-21-11-9-16(10-12-21)22(32)31-24(35)30-19-7-3-5-17(13-19)23(33)29-20-8-4-6-18(14-20)25(26,27)28/h3-15H,1-2H3,(H,29,33)(H2,30,31,32,35).